The summed E-state index contributed by atoms with van der Waals surface area (Å²) in [7, 11) is 1.29. The molecule has 1 N–H and O–H groups in total. The van der Waals surface area contributed by atoms with Crippen LogP contribution in [0.5, 0.6) is 0 Å². The predicted octanol–water partition coefficient (Wildman–Crippen LogP) is 5.76. The quantitative estimate of drug-likeness (QED) is 0.381. The van der Waals surface area contributed by atoms with Crippen LogP contribution in [-0.4, -0.2) is 22.9 Å². The number of aliphatic hydroxyl groups excluding tert-OH is 1. The third kappa shape index (κ3) is 4.78. The maximum Gasteiger partial charge on any atom is 0.0945 e. The van der Waals surface area contributed by atoms with Gasteiger partial charge in [-0.1, -0.05) is 115 Å². The van der Waals surface area contributed by atoms with Crippen molar-refractivity contribution in [1.29, 1.82) is 0 Å². The minimum Gasteiger partial charge on any atom is -0.387 e. The Balaban J connectivity index is 1.78. The Bertz CT molecular complexity index is 1090. The van der Waals surface area contributed by atoms with Gasteiger partial charge in [0, 0.05) is 19.4 Å². The van der Waals surface area contributed by atoms with Gasteiger partial charge in [0.15, 0.2) is 0 Å². The van der Waals surface area contributed by atoms with Crippen LogP contribution in [0.2, 0.25) is 0 Å². The van der Waals surface area contributed by atoms with Gasteiger partial charge < -0.3 is 5.11 Å². The lowest BCUT2D eigenvalue weighted by Crippen LogP contribution is -2.36. The molecule has 0 spiro atoms. The first-order chi connectivity index (χ1) is 15.2. The van der Waals surface area contributed by atoms with Crippen LogP contribution in [-0.2, 0) is 0 Å². The summed E-state index contributed by atoms with van der Waals surface area (Å²) in [6.45, 7) is 2.11. The van der Waals surface area contributed by atoms with E-state index in [2.05, 4.69) is 104 Å². The van der Waals surface area contributed by atoms with E-state index in [-0.39, 0.29) is 6.04 Å². The summed E-state index contributed by atoms with van der Waals surface area (Å²) < 4.78 is 2.35. The first kappa shape index (κ1) is 21.5. The summed E-state index contributed by atoms with van der Waals surface area (Å²) in [5.41, 5.74) is 3.40. The highest BCUT2D eigenvalue weighted by molar-refractivity contribution is 7.71. The number of hydrogen-bond acceptors (Lipinski definition) is 2. The fraction of sp³-hybridized carbons (Fsp3) is 0.143. The average Bonchev–Trinajstić information content (AvgIpc) is 2.85. The molecule has 0 saturated carbocycles. The van der Waals surface area contributed by atoms with E-state index in [1.165, 1.54) is 21.7 Å². The standard InChI is InChI=1S/C28H28NOP/c1-22(28(30)24-16-8-4-9-17-24)29(2)31(25-18-10-5-11-19-25)27-21-13-12-20-26(27)23-14-6-3-7-15-23/h3-22,28,30H,1-2H3/t22-,28-,31?/m1/s1. The molecule has 4 aromatic rings. The Labute approximate surface area is 186 Å². The molecule has 4 rings (SSSR count). The maximum absolute atomic E-state index is 11.2. The third-order valence-corrected chi connectivity index (χ3v) is 8.35. The zero-order chi connectivity index (χ0) is 21.6. The molecule has 0 aliphatic carbocycles. The van der Waals surface area contributed by atoms with Gasteiger partial charge in [0.05, 0.1) is 6.10 Å². The zero-order valence-electron chi connectivity index (χ0n) is 18.0. The molecule has 0 radical (unpaired) electrons. The van der Waals surface area contributed by atoms with Crippen molar-refractivity contribution in [3.63, 3.8) is 0 Å². The molecule has 0 heterocycles. The Morgan fingerprint density at radius 2 is 1.19 bits per heavy atom. The van der Waals surface area contributed by atoms with Crippen LogP contribution in [0.15, 0.2) is 115 Å². The molecule has 0 aromatic heterocycles. The van der Waals surface area contributed by atoms with E-state index in [1.54, 1.807) is 0 Å². The molecule has 4 aromatic carbocycles. The Morgan fingerprint density at radius 1 is 0.677 bits per heavy atom. The van der Waals surface area contributed by atoms with Crippen molar-refractivity contribution in [1.82, 2.24) is 4.67 Å². The van der Waals surface area contributed by atoms with Crippen molar-refractivity contribution in [3.8, 4) is 11.1 Å². The van der Waals surface area contributed by atoms with Crippen molar-refractivity contribution < 1.29 is 5.11 Å². The third-order valence-electron chi connectivity index (χ3n) is 5.72. The molecule has 3 atom stereocenters. The second-order valence-electron chi connectivity index (χ2n) is 7.70. The first-order valence-corrected chi connectivity index (χ1v) is 11.9. The average molecular weight is 426 g/mol. The van der Waals surface area contributed by atoms with Crippen molar-refractivity contribution in [2.24, 2.45) is 0 Å². The summed E-state index contributed by atoms with van der Waals surface area (Å²) in [5, 5.41) is 13.7. The number of hydrogen-bond donors (Lipinski definition) is 1. The molecule has 0 fully saturated rings. The van der Waals surface area contributed by atoms with Crippen molar-refractivity contribution >= 4 is 18.7 Å². The molecule has 0 bridgehead atoms. The summed E-state index contributed by atoms with van der Waals surface area (Å²) in [6.07, 6.45) is -0.566. The highest BCUT2D eigenvalue weighted by Gasteiger charge is 2.29. The van der Waals surface area contributed by atoms with Gasteiger partial charge in [-0.25, -0.2) is 0 Å². The zero-order valence-corrected chi connectivity index (χ0v) is 18.9. The molecule has 0 aliphatic heterocycles. The topological polar surface area (TPSA) is 23.5 Å². The van der Waals surface area contributed by atoms with Gasteiger partial charge in [-0.2, -0.15) is 0 Å². The van der Waals surface area contributed by atoms with Crippen LogP contribution in [0.25, 0.3) is 11.1 Å². The number of aliphatic hydroxyl groups is 1. The van der Waals surface area contributed by atoms with Gasteiger partial charge in [-0.05, 0) is 36.0 Å². The maximum atomic E-state index is 11.2. The molecule has 156 valence electrons. The summed E-state index contributed by atoms with van der Waals surface area (Å²) in [4.78, 5) is 0. The largest absolute Gasteiger partial charge is 0.387 e. The molecule has 1 unspecified atom stereocenters. The number of benzene rings is 4. The Kier molecular flexibility index (Phi) is 6.94. The van der Waals surface area contributed by atoms with Gasteiger partial charge in [-0.15, -0.1) is 0 Å². The Morgan fingerprint density at radius 3 is 1.84 bits per heavy atom. The highest BCUT2D eigenvalue weighted by Crippen LogP contribution is 2.43. The van der Waals surface area contributed by atoms with Gasteiger partial charge >= 0.3 is 0 Å². The molecule has 3 heteroatoms. The fourth-order valence-electron chi connectivity index (χ4n) is 3.90. The van der Waals surface area contributed by atoms with Crippen LogP contribution in [0, 0.1) is 0 Å². The van der Waals surface area contributed by atoms with E-state index in [0.717, 1.165) is 5.56 Å². The van der Waals surface area contributed by atoms with E-state index in [4.69, 9.17) is 0 Å². The van der Waals surface area contributed by atoms with E-state index >= 15 is 0 Å². The SMILES string of the molecule is C[C@H]([C@@H](O)c1ccccc1)N(C)P(c1ccccc1)c1ccccc1-c1ccccc1. The molecule has 31 heavy (non-hydrogen) atoms. The van der Waals surface area contributed by atoms with Gasteiger partial charge in [0.1, 0.15) is 0 Å². The monoisotopic (exact) mass is 425 g/mol. The van der Waals surface area contributed by atoms with Crippen molar-refractivity contribution in [2.45, 2.75) is 19.1 Å². The molecule has 2 nitrogen and oxygen atoms in total. The fourth-order valence-corrected chi connectivity index (χ4v) is 6.48. The van der Waals surface area contributed by atoms with Gasteiger partial charge in [-0.3, -0.25) is 4.67 Å². The van der Waals surface area contributed by atoms with E-state index in [9.17, 15) is 5.11 Å². The minimum atomic E-state index is -0.845. The van der Waals surface area contributed by atoms with Crippen LogP contribution in [0.4, 0.5) is 0 Å². The number of rotatable bonds is 7. The first-order valence-electron chi connectivity index (χ1n) is 10.6. The van der Waals surface area contributed by atoms with E-state index in [1.807, 2.05) is 30.3 Å². The molecule has 0 amide bonds. The van der Waals surface area contributed by atoms with E-state index < -0.39 is 14.2 Å². The van der Waals surface area contributed by atoms with E-state index in [0.29, 0.717) is 0 Å². The molecular weight excluding hydrogens is 397 g/mol. The lowest BCUT2D eigenvalue weighted by Gasteiger charge is -2.37. The number of nitrogens with zero attached hydrogens (tertiary/aromatic N) is 1. The summed E-state index contributed by atoms with van der Waals surface area (Å²) >= 11 is 0. The van der Waals surface area contributed by atoms with Gasteiger partial charge in [0.25, 0.3) is 0 Å². The second kappa shape index (κ2) is 10.0. The Hall–Kier alpha value is -2.77. The normalized spacial score (nSPS) is 14.2. The minimum absolute atomic E-state index is 0.0578. The van der Waals surface area contributed by atoms with Gasteiger partial charge in [0.2, 0.25) is 0 Å². The molecule has 0 aliphatic rings. The molecule has 0 saturated heterocycles. The van der Waals surface area contributed by atoms with Crippen LogP contribution in [0.3, 0.4) is 0 Å². The molecular formula is C28H28NOP. The second-order valence-corrected chi connectivity index (χ2v) is 9.95. The van der Waals surface area contributed by atoms with Crippen LogP contribution in [0.1, 0.15) is 18.6 Å². The predicted molar refractivity (Wildman–Crippen MR) is 133 cm³/mol. The lowest BCUT2D eigenvalue weighted by molar-refractivity contribution is 0.111. The van der Waals surface area contributed by atoms with Crippen molar-refractivity contribution in [3.05, 3.63) is 121 Å². The van der Waals surface area contributed by atoms with Crippen LogP contribution < -0.4 is 10.6 Å². The lowest BCUT2D eigenvalue weighted by atomic mass is 10.0. The summed E-state index contributed by atoms with van der Waals surface area (Å²) in [6, 6.07) is 39.8. The van der Waals surface area contributed by atoms with Crippen molar-refractivity contribution in [2.75, 3.05) is 7.05 Å². The van der Waals surface area contributed by atoms with Crippen LogP contribution >= 0.6 is 8.07 Å². The highest BCUT2D eigenvalue weighted by atomic mass is 31.1. The number of likely N-dealkylation sites (N-methyl/N-ethyl adjacent to an activating group) is 1. The smallest absolute Gasteiger partial charge is 0.0945 e. The summed E-state index contributed by atoms with van der Waals surface area (Å²) in [5.74, 6) is 0.